The van der Waals surface area contributed by atoms with Gasteiger partial charge in [0.2, 0.25) is 0 Å². The second kappa shape index (κ2) is 8.49. The molecule has 20 heavy (non-hydrogen) atoms. The molecule has 0 radical (unpaired) electrons. The molecule has 0 aliphatic heterocycles. The molecule has 1 heterocycles. The Labute approximate surface area is 122 Å². The molecule has 0 fully saturated rings. The maximum atomic E-state index is 12.3. The zero-order chi connectivity index (χ0) is 15.0. The Morgan fingerprint density at radius 3 is 2.55 bits per heavy atom. The minimum Gasteiger partial charge on any atom is -0.316 e. The molecule has 0 aliphatic carbocycles. The molecule has 0 saturated heterocycles. The highest BCUT2D eigenvalue weighted by atomic mass is 32.2. The summed E-state index contributed by atoms with van der Waals surface area (Å²) in [6, 6.07) is 2.49. The highest BCUT2D eigenvalue weighted by molar-refractivity contribution is 7.99. The van der Waals surface area contributed by atoms with Crippen LogP contribution in [0.1, 0.15) is 12.0 Å². The first-order valence-electron chi connectivity index (χ1n) is 6.41. The highest BCUT2D eigenvalue weighted by Gasteiger charge is 2.30. The third kappa shape index (κ3) is 7.12. The number of pyridine rings is 1. The van der Waals surface area contributed by atoms with Gasteiger partial charge < -0.3 is 10.2 Å². The van der Waals surface area contributed by atoms with Gasteiger partial charge in [-0.25, -0.2) is 4.98 Å². The van der Waals surface area contributed by atoms with Gasteiger partial charge in [-0.05, 0) is 45.7 Å². The zero-order valence-corrected chi connectivity index (χ0v) is 12.5. The van der Waals surface area contributed by atoms with Crippen LogP contribution in [0, 0.1) is 0 Å². The second-order valence-corrected chi connectivity index (χ2v) is 5.75. The maximum absolute atomic E-state index is 12.3. The van der Waals surface area contributed by atoms with Gasteiger partial charge >= 0.3 is 6.18 Å². The average Bonchev–Trinajstić information content (AvgIpc) is 2.37. The highest BCUT2D eigenvalue weighted by Crippen LogP contribution is 2.29. The number of nitrogens with one attached hydrogen (secondary N) is 1. The number of aromatic nitrogens is 1. The summed E-state index contributed by atoms with van der Waals surface area (Å²) in [4.78, 5) is 5.94. The van der Waals surface area contributed by atoms with E-state index in [0.29, 0.717) is 5.03 Å². The number of rotatable bonds is 8. The average molecular weight is 307 g/mol. The van der Waals surface area contributed by atoms with Crippen LogP contribution >= 0.6 is 11.8 Å². The van der Waals surface area contributed by atoms with Gasteiger partial charge in [0.25, 0.3) is 0 Å². The molecule has 0 spiro atoms. The van der Waals surface area contributed by atoms with Crippen LogP contribution in [0.2, 0.25) is 0 Å². The molecule has 0 bridgehead atoms. The Morgan fingerprint density at radius 2 is 2.00 bits per heavy atom. The Hall–Kier alpha value is -0.790. The van der Waals surface area contributed by atoms with E-state index < -0.39 is 11.7 Å². The number of alkyl halides is 3. The molecule has 0 aliphatic rings. The molecular formula is C13H20F3N3S. The molecule has 3 nitrogen and oxygen atoms in total. The Kier molecular flexibility index (Phi) is 7.32. The molecule has 0 saturated carbocycles. The third-order valence-electron chi connectivity index (χ3n) is 2.55. The van der Waals surface area contributed by atoms with Crippen molar-refractivity contribution >= 4 is 11.8 Å². The van der Waals surface area contributed by atoms with Crippen molar-refractivity contribution in [3.63, 3.8) is 0 Å². The topological polar surface area (TPSA) is 28.2 Å². The quantitative estimate of drug-likeness (QED) is 0.590. The number of halogens is 3. The van der Waals surface area contributed by atoms with Crippen LogP contribution in [0.4, 0.5) is 13.2 Å². The lowest BCUT2D eigenvalue weighted by Crippen LogP contribution is -2.23. The third-order valence-corrected chi connectivity index (χ3v) is 3.50. The van der Waals surface area contributed by atoms with Crippen molar-refractivity contribution in [2.24, 2.45) is 0 Å². The van der Waals surface area contributed by atoms with E-state index in [0.717, 1.165) is 44.1 Å². The molecule has 114 valence electrons. The first-order valence-corrected chi connectivity index (χ1v) is 7.39. The van der Waals surface area contributed by atoms with Gasteiger partial charge in [-0.2, -0.15) is 13.2 Å². The molecular weight excluding hydrogens is 287 g/mol. The Morgan fingerprint density at radius 1 is 1.25 bits per heavy atom. The van der Waals surface area contributed by atoms with E-state index >= 15 is 0 Å². The SMILES string of the molecule is CN(C)CCCNCCSc1ccc(C(F)(F)F)cn1. The molecule has 0 amide bonds. The van der Waals surface area contributed by atoms with E-state index in [1.165, 1.54) is 17.8 Å². The lowest BCUT2D eigenvalue weighted by molar-refractivity contribution is -0.137. The lowest BCUT2D eigenvalue weighted by Gasteiger charge is -2.09. The van der Waals surface area contributed by atoms with Crippen LogP contribution in [-0.4, -0.2) is 49.4 Å². The number of hydrogen-bond donors (Lipinski definition) is 1. The van der Waals surface area contributed by atoms with Crippen LogP contribution in [0.25, 0.3) is 0 Å². The molecule has 0 unspecified atom stereocenters. The van der Waals surface area contributed by atoms with Crippen molar-refractivity contribution in [3.8, 4) is 0 Å². The molecule has 7 heteroatoms. The van der Waals surface area contributed by atoms with E-state index in [9.17, 15) is 13.2 Å². The van der Waals surface area contributed by atoms with E-state index in [4.69, 9.17) is 0 Å². The van der Waals surface area contributed by atoms with Crippen LogP contribution < -0.4 is 5.32 Å². The summed E-state index contributed by atoms with van der Waals surface area (Å²) in [5.41, 5.74) is -0.705. The minimum absolute atomic E-state index is 0.619. The minimum atomic E-state index is -4.32. The Balaban J connectivity index is 2.16. The zero-order valence-electron chi connectivity index (χ0n) is 11.7. The predicted octanol–water partition coefficient (Wildman–Crippen LogP) is 2.73. The fourth-order valence-corrected chi connectivity index (χ4v) is 2.25. The van der Waals surface area contributed by atoms with Crippen LogP contribution in [0.15, 0.2) is 23.4 Å². The van der Waals surface area contributed by atoms with Crippen LogP contribution in [0.3, 0.4) is 0 Å². The summed E-state index contributed by atoms with van der Waals surface area (Å²) >= 11 is 1.45. The van der Waals surface area contributed by atoms with E-state index in [-0.39, 0.29) is 0 Å². The first-order chi connectivity index (χ1) is 9.39. The van der Waals surface area contributed by atoms with Crippen LogP contribution in [-0.2, 0) is 6.18 Å². The van der Waals surface area contributed by atoms with Gasteiger partial charge in [0.1, 0.15) is 0 Å². The summed E-state index contributed by atoms with van der Waals surface area (Å²) in [6.45, 7) is 2.81. The van der Waals surface area contributed by atoms with Gasteiger partial charge in [0, 0.05) is 18.5 Å². The van der Waals surface area contributed by atoms with Gasteiger partial charge in [-0.15, -0.1) is 11.8 Å². The van der Waals surface area contributed by atoms with E-state index in [1.54, 1.807) is 0 Å². The van der Waals surface area contributed by atoms with E-state index in [1.807, 2.05) is 14.1 Å². The summed E-state index contributed by atoms with van der Waals surface area (Å²) < 4.78 is 37.0. The summed E-state index contributed by atoms with van der Waals surface area (Å²) in [5.74, 6) is 0.792. The standard InChI is InChI=1S/C13H20F3N3S/c1-19(2)8-3-6-17-7-9-20-12-5-4-11(10-18-12)13(14,15)16/h4-5,10,17H,3,6-9H2,1-2H3. The van der Waals surface area contributed by atoms with Crippen molar-refractivity contribution in [1.29, 1.82) is 0 Å². The van der Waals surface area contributed by atoms with Gasteiger partial charge in [0.15, 0.2) is 0 Å². The lowest BCUT2D eigenvalue weighted by atomic mass is 10.3. The van der Waals surface area contributed by atoms with Gasteiger partial charge in [-0.3, -0.25) is 0 Å². The van der Waals surface area contributed by atoms with Crippen molar-refractivity contribution in [3.05, 3.63) is 23.9 Å². The first kappa shape index (κ1) is 17.3. The normalized spacial score (nSPS) is 12.1. The van der Waals surface area contributed by atoms with Gasteiger partial charge in [0.05, 0.1) is 10.6 Å². The summed E-state index contributed by atoms with van der Waals surface area (Å²) in [6.07, 6.45) is -2.35. The van der Waals surface area contributed by atoms with Crippen LogP contribution in [0.5, 0.6) is 0 Å². The largest absolute Gasteiger partial charge is 0.417 e. The second-order valence-electron chi connectivity index (χ2n) is 4.64. The van der Waals surface area contributed by atoms with Crippen molar-refractivity contribution in [1.82, 2.24) is 15.2 Å². The van der Waals surface area contributed by atoms with Gasteiger partial charge in [-0.1, -0.05) is 0 Å². The summed E-state index contributed by atoms with van der Waals surface area (Å²) in [7, 11) is 4.07. The van der Waals surface area contributed by atoms with Crippen molar-refractivity contribution in [2.75, 3.05) is 39.5 Å². The van der Waals surface area contributed by atoms with Crippen molar-refractivity contribution < 1.29 is 13.2 Å². The fraction of sp³-hybridized carbons (Fsp3) is 0.615. The van der Waals surface area contributed by atoms with Crippen molar-refractivity contribution in [2.45, 2.75) is 17.6 Å². The number of hydrogen-bond acceptors (Lipinski definition) is 4. The molecule has 1 rings (SSSR count). The predicted molar refractivity (Wildman–Crippen MR) is 76.0 cm³/mol. The number of thioether (sulfide) groups is 1. The summed E-state index contributed by atoms with van der Waals surface area (Å²) in [5, 5.41) is 3.91. The fourth-order valence-electron chi connectivity index (χ4n) is 1.51. The molecule has 0 atom stereocenters. The number of nitrogens with zero attached hydrogens (tertiary/aromatic N) is 2. The smallest absolute Gasteiger partial charge is 0.316 e. The maximum Gasteiger partial charge on any atom is 0.417 e. The van der Waals surface area contributed by atoms with E-state index in [2.05, 4.69) is 15.2 Å². The molecule has 1 aromatic heterocycles. The molecule has 1 N–H and O–H groups in total. The molecule has 0 aromatic carbocycles. The monoisotopic (exact) mass is 307 g/mol. The molecule has 1 aromatic rings. The Bertz CT molecular complexity index is 379.